The van der Waals surface area contributed by atoms with Gasteiger partial charge in [0.15, 0.2) is 0 Å². The van der Waals surface area contributed by atoms with Gasteiger partial charge in [-0.25, -0.2) is 9.97 Å². The zero-order chi connectivity index (χ0) is 15.3. The Morgan fingerprint density at radius 1 is 1.23 bits per heavy atom. The molecule has 0 bridgehead atoms. The first-order chi connectivity index (χ1) is 10.6. The lowest BCUT2D eigenvalue weighted by atomic mass is 9.95. The molecule has 2 aromatic rings. The second-order valence-electron chi connectivity index (χ2n) is 6.87. The second-order valence-corrected chi connectivity index (χ2v) is 6.87. The zero-order valence-corrected chi connectivity index (χ0v) is 12.8. The van der Waals surface area contributed by atoms with E-state index in [0.29, 0.717) is 11.8 Å². The molecule has 5 nitrogen and oxygen atoms in total. The summed E-state index contributed by atoms with van der Waals surface area (Å²) in [6.45, 7) is 5.96. The Kier molecular flexibility index (Phi) is 2.94. The molecule has 2 fully saturated rings. The first-order valence-corrected chi connectivity index (χ1v) is 7.81. The fourth-order valence-corrected chi connectivity index (χ4v) is 3.76. The minimum atomic E-state index is -0.510. The lowest BCUT2D eigenvalue weighted by Gasteiger charge is -2.27. The van der Waals surface area contributed by atoms with Gasteiger partial charge in [0.1, 0.15) is 6.33 Å². The van der Waals surface area contributed by atoms with E-state index in [1.165, 1.54) is 0 Å². The molecule has 114 valence electrons. The number of amides is 1. The molecule has 1 aromatic heterocycles. The molecule has 2 heterocycles. The van der Waals surface area contributed by atoms with Gasteiger partial charge in [-0.3, -0.25) is 4.79 Å². The summed E-state index contributed by atoms with van der Waals surface area (Å²) in [5.41, 5.74) is 1.27. The predicted octanol–water partition coefficient (Wildman–Crippen LogP) is 1.45. The number of carbonyl (C=O) groups excluding carboxylic acids is 1. The lowest BCUT2D eigenvalue weighted by Crippen LogP contribution is -2.43. The van der Waals surface area contributed by atoms with Crippen molar-refractivity contribution in [3.8, 4) is 0 Å². The minimum absolute atomic E-state index is 0.157. The van der Waals surface area contributed by atoms with E-state index in [0.717, 1.165) is 29.7 Å². The molecule has 1 amide bonds. The Morgan fingerprint density at radius 3 is 2.73 bits per heavy atom. The lowest BCUT2D eigenvalue weighted by molar-refractivity contribution is -0.124. The third-order valence-corrected chi connectivity index (χ3v) is 4.96. The Hall–Kier alpha value is -2.01. The van der Waals surface area contributed by atoms with Gasteiger partial charge >= 0.3 is 0 Å². The molecule has 1 aliphatic heterocycles. The van der Waals surface area contributed by atoms with Crippen LogP contribution in [0.15, 0.2) is 30.6 Å². The monoisotopic (exact) mass is 296 g/mol. The van der Waals surface area contributed by atoms with Gasteiger partial charge in [-0.1, -0.05) is 18.2 Å². The first kappa shape index (κ1) is 13.6. The minimum Gasteiger partial charge on any atom is -0.345 e. The largest absolute Gasteiger partial charge is 0.345 e. The third-order valence-electron chi connectivity index (χ3n) is 4.96. The quantitative estimate of drug-likeness (QED) is 0.899. The third kappa shape index (κ3) is 2.08. The molecule has 2 unspecified atom stereocenters. The summed E-state index contributed by atoms with van der Waals surface area (Å²) in [4.78, 5) is 21.3. The highest BCUT2D eigenvalue weighted by molar-refractivity contribution is 5.85. The van der Waals surface area contributed by atoms with Crippen LogP contribution in [0.2, 0.25) is 0 Å². The summed E-state index contributed by atoms with van der Waals surface area (Å²) >= 11 is 0. The molecule has 1 saturated carbocycles. The zero-order valence-electron chi connectivity index (χ0n) is 12.8. The van der Waals surface area contributed by atoms with Gasteiger partial charge in [0, 0.05) is 11.3 Å². The highest BCUT2D eigenvalue weighted by atomic mass is 16.2. The molecule has 1 saturated heterocycles. The SMILES string of the molecule is CC(C)(NC(=O)C1C2CNCC21)c1ncnc2ccccc12. The van der Waals surface area contributed by atoms with E-state index in [2.05, 4.69) is 20.6 Å². The van der Waals surface area contributed by atoms with Gasteiger partial charge in [0.2, 0.25) is 5.91 Å². The van der Waals surface area contributed by atoms with Crippen LogP contribution in [0.5, 0.6) is 0 Å². The smallest absolute Gasteiger partial charge is 0.224 e. The van der Waals surface area contributed by atoms with Crippen molar-refractivity contribution >= 4 is 16.8 Å². The van der Waals surface area contributed by atoms with Gasteiger partial charge in [0.25, 0.3) is 0 Å². The van der Waals surface area contributed by atoms with Crippen LogP contribution in [-0.2, 0) is 10.3 Å². The Bertz CT molecular complexity index is 727. The van der Waals surface area contributed by atoms with Crippen LogP contribution in [0.25, 0.3) is 10.9 Å². The first-order valence-electron chi connectivity index (χ1n) is 7.81. The van der Waals surface area contributed by atoms with Crippen molar-refractivity contribution in [2.45, 2.75) is 19.4 Å². The molecule has 22 heavy (non-hydrogen) atoms. The van der Waals surface area contributed by atoms with Crippen LogP contribution in [0.1, 0.15) is 19.5 Å². The molecule has 5 heteroatoms. The van der Waals surface area contributed by atoms with E-state index in [9.17, 15) is 4.79 Å². The average Bonchev–Trinajstić information content (AvgIpc) is 3.00. The number of aromatic nitrogens is 2. The van der Waals surface area contributed by atoms with Crippen LogP contribution >= 0.6 is 0 Å². The highest BCUT2D eigenvalue weighted by Gasteiger charge is 2.57. The van der Waals surface area contributed by atoms with Crippen molar-refractivity contribution < 1.29 is 4.79 Å². The number of rotatable bonds is 3. The maximum atomic E-state index is 12.6. The topological polar surface area (TPSA) is 66.9 Å². The van der Waals surface area contributed by atoms with Crippen molar-refractivity contribution in [3.63, 3.8) is 0 Å². The predicted molar refractivity (Wildman–Crippen MR) is 84.0 cm³/mol. The van der Waals surface area contributed by atoms with Gasteiger partial charge < -0.3 is 10.6 Å². The van der Waals surface area contributed by atoms with E-state index in [-0.39, 0.29) is 11.8 Å². The van der Waals surface area contributed by atoms with Gasteiger partial charge in [-0.15, -0.1) is 0 Å². The van der Waals surface area contributed by atoms with Crippen molar-refractivity contribution in [2.75, 3.05) is 13.1 Å². The van der Waals surface area contributed by atoms with E-state index in [1.807, 2.05) is 38.1 Å². The normalized spacial score (nSPS) is 26.7. The van der Waals surface area contributed by atoms with E-state index in [1.54, 1.807) is 6.33 Å². The number of carbonyl (C=O) groups is 1. The summed E-state index contributed by atoms with van der Waals surface area (Å²) in [6, 6.07) is 7.91. The number of nitrogens with zero attached hydrogens (tertiary/aromatic N) is 2. The molecule has 2 aliphatic rings. The Morgan fingerprint density at radius 2 is 1.95 bits per heavy atom. The van der Waals surface area contributed by atoms with Crippen LogP contribution in [0.3, 0.4) is 0 Å². The van der Waals surface area contributed by atoms with E-state index in [4.69, 9.17) is 0 Å². The van der Waals surface area contributed by atoms with Crippen LogP contribution in [0.4, 0.5) is 0 Å². The number of hydrogen-bond acceptors (Lipinski definition) is 4. The van der Waals surface area contributed by atoms with Gasteiger partial charge in [-0.2, -0.15) is 0 Å². The van der Waals surface area contributed by atoms with E-state index < -0.39 is 5.54 Å². The van der Waals surface area contributed by atoms with Gasteiger partial charge in [-0.05, 0) is 44.8 Å². The summed E-state index contributed by atoms with van der Waals surface area (Å²) in [5, 5.41) is 7.52. The van der Waals surface area contributed by atoms with Crippen molar-refractivity contribution in [1.29, 1.82) is 0 Å². The van der Waals surface area contributed by atoms with Gasteiger partial charge in [0.05, 0.1) is 16.7 Å². The molecule has 0 spiro atoms. The molecule has 1 aromatic carbocycles. The molecule has 2 atom stereocenters. The highest BCUT2D eigenvalue weighted by Crippen LogP contribution is 2.49. The van der Waals surface area contributed by atoms with Crippen molar-refractivity contribution in [1.82, 2.24) is 20.6 Å². The van der Waals surface area contributed by atoms with Crippen molar-refractivity contribution in [3.05, 3.63) is 36.3 Å². The van der Waals surface area contributed by atoms with Crippen LogP contribution in [0, 0.1) is 17.8 Å². The summed E-state index contributed by atoms with van der Waals surface area (Å²) in [7, 11) is 0. The fraction of sp³-hybridized carbons (Fsp3) is 0.471. The summed E-state index contributed by atoms with van der Waals surface area (Å²) < 4.78 is 0. The average molecular weight is 296 g/mol. The fourth-order valence-electron chi connectivity index (χ4n) is 3.76. The van der Waals surface area contributed by atoms with E-state index >= 15 is 0 Å². The number of piperidine rings is 1. The van der Waals surface area contributed by atoms with Crippen LogP contribution in [-0.4, -0.2) is 29.0 Å². The molecule has 4 rings (SSSR count). The number of hydrogen-bond donors (Lipinski definition) is 2. The maximum Gasteiger partial charge on any atom is 0.224 e. The number of fused-ring (bicyclic) bond motifs is 2. The summed E-state index contributed by atoms with van der Waals surface area (Å²) in [6.07, 6.45) is 1.57. The number of para-hydroxylation sites is 1. The number of nitrogens with one attached hydrogen (secondary N) is 2. The Labute approximate surface area is 129 Å². The molecular weight excluding hydrogens is 276 g/mol. The molecule has 1 aliphatic carbocycles. The standard InChI is InChI=1S/C17H20N4O/c1-17(2,21-16(22)14-11-7-18-8-12(11)14)15-10-5-3-4-6-13(10)19-9-20-15/h3-6,9,11-12,14,18H,7-8H2,1-2H3,(H,21,22). The maximum absolute atomic E-state index is 12.6. The van der Waals surface area contributed by atoms with Crippen LogP contribution < -0.4 is 10.6 Å². The molecule has 2 N–H and O–H groups in total. The second kappa shape index (κ2) is 4.74. The summed E-state index contributed by atoms with van der Waals surface area (Å²) in [5.74, 6) is 1.38. The number of benzene rings is 1. The molecular formula is C17H20N4O. The van der Waals surface area contributed by atoms with Crippen molar-refractivity contribution in [2.24, 2.45) is 17.8 Å². The Balaban J connectivity index is 1.61. The molecule has 0 radical (unpaired) electrons.